The van der Waals surface area contributed by atoms with Crippen molar-refractivity contribution >= 4 is 5.82 Å². The summed E-state index contributed by atoms with van der Waals surface area (Å²) < 4.78 is 0. The first-order chi connectivity index (χ1) is 9.79. The Labute approximate surface area is 120 Å². The smallest absolute Gasteiger partial charge is 0.151 e. The molecule has 0 amide bonds. The van der Waals surface area contributed by atoms with Crippen LogP contribution in [0.5, 0.6) is 0 Å². The molecule has 0 bridgehead atoms. The maximum Gasteiger partial charge on any atom is 0.151 e. The zero-order valence-corrected chi connectivity index (χ0v) is 12.2. The summed E-state index contributed by atoms with van der Waals surface area (Å²) in [5.74, 6) is 0.896. The van der Waals surface area contributed by atoms with Gasteiger partial charge in [-0.15, -0.1) is 5.10 Å². The lowest BCUT2D eigenvalue weighted by Gasteiger charge is -2.17. The highest BCUT2D eigenvalue weighted by molar-refractivity contribution is 5.37. The van der Waals surface area contributed by atoms with Crippen LogP contribution in [-0.2, 0) is 13.1 Å². The van der Waals surface area contributed by atoms with Crippen LogP contribution in [0.4, 0.5) is 5.82 Å². The second-order valence-corrected chi connectivity index (χ2v) is 4.90. The van der Waals surface area contributed by atoms with Gasteiger partial charge in [-0.2, -0.15) is 5.10 Å². The van der Waals surface area contributed by atoms with Gasteiger partial charge in [-0.05, 0) is 30.7 Å². The number of rotatable bonds is 7. The Morgan fingerprint density at radius 1 is 1.05 bits per heavy atom. The zero-order chi connectivity index (χ0) is 14.2. The van der Waals surface area contributed by atoms with E-state index in [1.807, 2.05) is 25.2 Å². The molecule has 0 unspecified atom stereocenters. The first kappa shape index (κ1) is 14.5. The second-order valence-electron chi connectivity index (χ2n) is 4.90. The first-order valence-corrected chi connectivity index (χ1v) is 7.08. The van der Waals surface area contributed by atoms with E-state index in [1.165, 1.54) is 5.56 Å². The van der Waals surface area contributed by atoms with E-state index in [2.05, 4.69) is 51.6 Å². The number of benzene rings is 1. The molecule has 2 aromatic rings. The molecule has 0 aliphatic carbocycles. The molecular formula is C16H22N4. The van der Waals surface area contributed by atoms with Crippen LogP contribution in [0, 0.1) is 0 Å². The van der Waals surface area contributed by atoms with Gasteiger partial charge in [-0.3, -0.25) is 0 Å². The Morgan fingerprint density at radius 3 is 2.50 bits per heavy atom. The van der Waals surface area contributed by atoms with E-state index in [1.54, 1.807) is 0 Å². The lowest BCUT2D eigenvalue weighted by atomic mass is 10.2. The Balaban J connectivity index is 1.92. The fourth-order valence-corrected chi connectivity index (χ4v) is 1.98. The molecule has 4 heteroatoms. The molecule has 1 heterocycles. The molecule has 0 aliphatic heterocycles. The number of aromatic nitrogens is 2. The average Bonchev–Trinajstić information content (AvgIpc) is 2.49. The predicted octanol–water partition coefficient (Wildman–Crippen LogP) is 2.61. The summed E-state index contributed by atoms with van der Waals surface area (Å²) >= 11 is 0. The molecule has 1 aromatic heterocycles. The van der Waals surface area contributed by atoms with Crippen molar-refractivity contribution in [3.63, 3.8) is 0 Å². The maximum absolute atomic E-state index is 4.29. The Morgan fingerprint density at radius 2 is 1.85 bits per heavy atom. The molecule has 0 aliphatic rings. The lowest BCUT2D eigenvalue weighted by Crippen LogP contribution is -2.19. The standard InChI is InChI=1S/C16H22N4/c1-3-11-17-12-15-9-10-16(19-18-15)20(2)13-14-7-5-4-6-8-14/h4-10,17H,3,11-13H2,1-2H3. The van der Waals surface area contributed by atoms with Gasteiger partial charge < -0.3 is 10.2 Å². The quantitative estimate of drug-likeness (QED) is 0.785. The van der Waals surface area contributed by atoms with Crippen LogP contribution in [0.3, 0.4) is 0 Å². The molecule has 2 rings (SSSR count). The molecule has 0 spiro atoms. The summed E-state index contributed by atoms with van der Waals surface area (Å²) in [6.07, 6.45) is 1.13. The lowest BCUT2D eigenvalue weighted by molar-refractivity contribution is 0.656. The fraction of sp³-hybridized carbons (Fsp3) is 0.375. The van der Waals surface area contributed by atoms with Gasteiger partial charge in [0.05, 0.1) is 5.69 Å². The Kier molecular flexibility index (Phi) is 5.50. The minimum atomic E-state index is 0.781. The normalized spacial score (nSPS) is 10.5. The second kappa shape index (κ2) is 7.60. The highest BCUT2D eigenvalue weighted by Gasteiger charge is 2.04. The van der Waals surface area contributed by atoms with Crippen LogP contribution in [0.15, 0.2) is 42.5 Å². The molecule has 0 saturated heterocycles. The van der Waals surface area contributed by atoms with E-state index in [0.29, 0.717) is 0 Å². The van der Waals surface area contributed by atoms with Gasteiger partial charge in [0.2, 0.25) is 0 Å². The monoisotopic (exact) mass is 270 g/mol. The Bertz CT molecular complexity index is 496. The van der Waals surface area contributed by atoms with Crippen LogP contribution in [0.25, 0.3) is 0 Å². The van der Waals surface area contributed by atoms with E-state index < -0.39 is 0 Å². The third-order valence-electron chi connectivity index (χ3n) is 3.09. The SMILES string of the molecule is CCCNCc1ccc(N(C)Cc2ccccc2)nn1. The average molecular weight is 270 g/mol. The van der Waals surface area contributed by atoms with E-state index in [9.17, 15) is 0 Å². The maximum atomic E-state index is 4.29. The number of anilines is 1. The van der Waals surface area contributed by atoms with Gasteiger partial charge in [0.15, 0.2) is 5.82 Å². The molecule has 0 fully saturated rings. The zero-order valence-electron chi connectivity index (χ0n) is 12.2. The van der Waals surface area contributed by atoms with Crippen molar-refractivity contribution in [3.8, 4) is 0 Å². The minimum absolute atomic E-state index is 0.781. The number of hydrogen-bond donors (Lipinski definition) is 1. The molecule has 1 aromatic carbocycles. The third-order valence-corrected chi connectivity index (χ3v) is 3.09. The summed E-state index contributed by atoms with van der Waals surface area (Å²) in [4.78, 5) is 2.10. The first-order valence-electron chi connectivity index (χ1n) is 7.08. The van der Waals surface area contributed by atoms with Gasteiger partial charge in [0.25, 0.3) is 0 Å². The molecule has 0 radical (unpaired) electrons. The van der Waals surface area contributed by atoms with Crippen molar-refractivity contribution in [2.75, 3.05) is 18.5 Å². The molecule has 0 saturated carbocycles. The van der Waals surface area contributed by atoms with Crippen molar-refractivity contribution < 1.29 is 0 Å². The van der Waals surface area contributed by atoms with Crippen LogP contribution < -0.4 is 10.2 Å². The number of nitrogens with zero attached hydrogens (tertiary/aromatic N) is 3. The number of hydrogen-bond acceptors (Lipinski definition) is 4. The summed E-state index contributed by atoms with van der Waals surface area (Å²) in [5.41, 5.74) is 2.25. The minimum Gasteiger partial charge on any atom is -0.354 e. The van der Waals surface area contributed by atoms with Crippen molar-refractivity contribution in [1.82, 2.24) is 15.5 Å². The van der Waals surface area contributed by atoms with Gasteiger partial charge in [0, 0.05) is 20.1 Å². The van der Waals surface area contributed by atoms with Crippen molar-refractivity contribution in [2.24, 2.45) is 0 Å². The molecule has 20 heavy (non-hydrogen) atoms. The summed E-state index contributed by atoms with van der Waals surface area (Å²) in [6, 6.07) is 14.4. The van der Waals surface area contributed by atoms with E-state index in [0.717, 1.165) is 37.6 Å². The fourth-order valence-electron chi connectivity index (χ4n) is 1.98. The highest BCUT2D eigenvalue weighted by Crippen LogP contribution is 2.11. The summed E-state index contributed by atoms with van der Waals surface area (Å²) in [5, 5.41) is 11.9. The van der Waals surface area contributed by atoms with Crippen LogP contribution in [0.1, 0.15) is 24.6 Å². The largest absolute Gasteiger partial charge is 0.354 e. The van der Waals surface area contributed by atoms with Crippen LogP contribution in [-0.4, -0.2) is 23.8 Å². The van der Waals surface area contributed by atoms with E-state index in [-0.39, 0.29) is 0 Å². The van der Waals surface area contributed by atoms with Crippen LogP contribution >= 0.6 is 0 Å². The molecular weight excluding hydrogens is 248 g/mol. The van der Waals surface area contributed by atoms with Gasteiger partial charge in [0.1, 0.15) is 0 Å². The van der Waals surface area contributed by atoms with Gasteiger partial charge >= 0.3 is 0 Å². The molecule has 1 N–H and O–H groups in total. The topological polar surface area (TPSA) is 41.0 Å². The highest BCUT2D eigenvalue weighted by atomic mass is 15.2. The molecule has 0 atom stereocenters. The van der Waals surface area contributed by atoms with E-state index >= 15 is 0 Å². The van der Waals surface area contributed by atoms with Crippen molar-refractivity contribution in [2.45, 2.75) is 26.4 Å². The molecule has 106 valence electrons. The third kappa shape index (κ3) is 4.31. The summed E-state index contributed by atoms with van der Waals surface area (Å²) in [6.45, 7) is 4.78. The van der Waals surface area contributed by atoms with Crippen molar-refractivity contribution in [3.05, 3.63) is 53.7 Å². The number of nitrogens with one attached hydrogen (secondary N) is 1. The van der Waals surface area contributed by atoms with Crippen LogP contribution in [0.2, 0.25) is 0 Å². The summed E-state index contributed by atoms with van der Waals surface area (Å²) in [7, 11) is 2.03. The Hall–Kier alpha value is -1.94. The van der Waals surface area contributed by atoms with Gasteiger partial charge in [-0.1, -0.05) is 37.3 Å². The molecule has 4 nitrogen and oxygen atoms in total. The van der Waals surface area contributed by atoms with Crippen molar-refractivity contribution in [1.29, 1.82) is 0 Å². The van der Waals surface area contributed by atoms with Gasteiger partial charge in [-0.25, -0.2) is 0 Å². The van der Waals surface area contributed by atoms with E-state index in [4.69, 9.17) is 0 Å². The predicted molar refractivity (Wildman–Crippen MR) is 82.6 cm³/mol.